The molecule has 1 heterocycles. The van der Waals surface area contributed by atoms with Gasteiger partial charge in [-0.3, -0.25) is 5.73 Å². The Hall–Kier alpha value is -1.13. The van der Waals surface area contributed by atoms with Crippen LogP contribution in [0.1, 0.15) is 18.1 Å². The van der Waals surface area contributed by atoms with Crippen LogP contribution >= 0.6 is 11.8 Å². The third-order valence-corrected chi connectivity index (χ3v) is 2.99. The van der Waals surface area contributed by atoms with Gasteiger partial charge in [0.2, 0.25) is 0 Å². The summed E-state index contributed by atoms with van der Waals surface area (Å²) in [4.78, 5) is 0. The lowest BCUT2D eigenvalue weighted by atomic mass is 10.1. The maximum atomic E-state index is 5.58. The third kappa shape index (κ3) is 2.46. The van der Waals surface area contributed by atoms with Crippen LogP contribution in [-0.4, -0.2) is 5.50 Å². The maximum Gasteiger partial charge on any atom is 0.169 e. The summed E-state index contributed by atoms with van der Waals surface area (Å²) in [6.07, 6.45) is 1.06. The topological polar surface area (TPSA) is 50.7 Å². The summed E-state index contributed by atoms with van der Waals surface area (Å²) in [6, 6.07) is 8.37. The summed E-state index contributed by atoms with van der Waals surface area (Å²) < 4.78 is 0. The Balaban J connectivity index is 2.20. The molecule has 1 atom stereocenters. The SMILES string of the molecule is CCc1ccc(C2=CSC(N)N=N2)cc1. The van der Waals surface area contributed by atoms with Crippen molar-refractivity contribution in [3.05, 3.63) is 40.8 Å². The van der Waals surface area contributed by atoms with E-state index in [0.29, 0.717) is 0 Å². The van der Waals surface area contributed by atoms with Crippen LogP contribution in [0.25, 0.3) is 5.70 Å². The van der Waals surface area contributed by atoms with Crippen LogP contribution in [0.4, 0.5) is 0 Å². The second-order valence-corrected chi connectivity index (χ2v) is 4.29. The molecular formula is C11H13N3S. The third-order valence-electron chi connectivity index (χ3n) is 2.26. The molecule has 0 aromatic heterocycles. The number of nitrogens with zero attached hydrogens (tertiary/aromatic N) is 2. The molecular weight excluding hydrogens is 206 g/mol. The number of benzene rings is 1. The number of hydrogen-bond acceptors (Lipinski definition) is 4. The molecule has 4 heteroatoms. The van der Waals surface area contributed by atoms with E-state index in [-0.39, 0.29) is 5.50 Å². The zero-order chi connectivity index (χ0) is 10.7. The Morgan fingerprint density at radius 3 is 2.60 bits per heavy atom. The van der Waals surface area contributed by atoms with E-state index in [1.54, 1.807) is 0 Å². The molecule has 1 unspecified atom stereocenters. The first-order chi connectivity index (χ1) is 7.29. The van der Waals surface area contributed by atoms with Gasteiger partial charge in [0.15, 0.2) is 5.50 Å². The molecule has 1 aliphatic rings. The van der Waals surface area contributed by atoms with Crippen molar-refractivity contribution in [1.29, 1.82) is 0 Å². The fraction of sp³-hybridized carbons (Fsp3) is 0.273. The van der Waals surface area contributed by atoms with E-state index in [1.807, 2.05) is 5.41 Å². The van der Waals surface area contributed by atoms with E-state index in [2.05, 4.69) is 41.4 Å². The fourth-order valence-corrected chi connectivity index (χ4v) is 1.89. The van der Waals surface area contributed by atoms with Gasteiger partial charge in [0.1, 0.15) is 0 Å². The van der Waals surface area contributed by atoms with Crippen molar-refractivity contribution in [1.82, 2.24) is 0 Å². The van der Waals surface area contributed by atoms with E-state index < -0.39 is 0 Å². The van der Waals surface area contributed by atoms with Crippen molar-refractivity contribution < 1.29 is 0 Å². The van der Waals surface area contributed by atoms with Crippen molar-refractivity contribution in [3.63, 3.8) is 0 Å². The molecule has 0 spiro atoms. The van der Waals surface area contributed by atoms with Gasteiger partial charge in [-0.2, -0.15) is 10.2 Å². The molecule has 0 bridgehead atoms. The second kappa shape index (κ2) is 4.59. The Morgan fingerprint density at radius 2 is 2.07 bits per heavy atom. The highest BCUT2D eigenvalue weighted by atomic mass is 32.2. The summed E-state index contributed by atoms with van der Waals surface area (Å²) >= 11 is 1.49. The average molecular weight is 219 g/mol. The zero-order valence-corrected chi connectivity index (χ0v) is 9.37. The molecule has 0 radical (unpaired) electrons. The predicted octanol–water partition coefficient (Wildman–Crippen LogP) is 2.99. The van der Waals surface area contributed by atoms with Gasteiger partial charge in [-0.15, -0.1) is 0 Å². The number of aryl methyl sites for hydroxylation is 1. The smallest absolute Gasteiger partial charge is 0.169 e. The van der Waals surface area contributed by atoms with E-state index in [9.17, 15) is 0 Å². The summed E-state index contributed by atoms with van der Waals surface area (Å²) in [5, 5.41) is 9.96. The van der Waals surface area contributed by atoms with Crippen LogP contribution in [-0.2, 0) is 6.42 Å². The average Bonchev–Trinajstić information content (AvgIpc) is 2.30. The molecule has 1 aliphatic heterocycles. The molecule has 2 N–H and O–H groups in total. The van der Waals surface area contributed by atoms with Gasteiger partial charge in [-0.1, -0.05) is 43.0 Å². The first kappa shape index (κ1) is 10.4. The van der Waals surface area contributed by atoms with Crippen molar-refractivity contribution >= 4 is 17.5 Å². The summed E-state index contributed by atoms with van der Waals surface area (Å²) in [5.41, 5.74) is 8.65. The summed E-state index contributed by atoms with van der Waals surface area (Å²) in [6.45, 7) is 2.14. The van der Waals surface area contributed by atoms with Gasteiger partial charge in [0.05, 0.1) is 5.70 Å². The van der Waals surface area contributed by atoms with Gasteiger partial charge in [-0.25, -0.2) is 0 Å². The van der Waals surface area contributed by atoms with Crippen molar-refractivity contribution in [2.24, 2.45) is 16.0 Å². The Labute approximate surface area is 93.5 Å². The van der Waals surface area contributed by atoms with Crippen molar-refractivity contribution in [2.45, 2.75) is 18.8 Å². The van der Waals surface area contributed by atoms with Gasteiger partial charge in [-0.05, 0) is 12.0 Å². The molecule has 3 nitrogen and oxygen atoms in total. The standard InChI is InChI=1S/C11H13N3S/c1-2-8-3-5-9(6-4-8)10-7-15-11(12)14-13-10/h3-7,11H,2,12H2,1H3. The molecule has 1 aromatic carbocycles. The first-order valence-corrected chi connectivity index (χ1v) is 5.85. The van der Waals surface area contributed by atoms with Crippen LogP contribution in [0.3, 0.4) is 0 Å². The highest BCUT2D eigenvalue weighted by molar-refractivity contribution is 8.02. The largest absolute Gasteiger partial charge is 0.299 e. The van der Waals surface area contributed by atoms with E-state index in [4.69, 9.17) is 5.73 Å². The van der Waals surface area contributed by atoms with Gasteiger partial charge >= 0.3 is 0 Å². The van der Waals surface area contributed by atoms with Crippen LogP contribution in [0.15, 0.2) is 39.9 Å². The number of azo groups is 1. The molecule has 0 amide bonds. The highest BCUT2D eigenvalue weighted by Gasteiger charge is 2.08. The van der Waals surface area contributed by atoms with Crippen molar-refractivity contribution in [3.8, 4) is 0 Å². The quantitative estimate of drug-likeness (QED) is 0.831. The molecule has 0 fully saturated rings. The van der Waals surface area contributed by atoms with Crippen LogP contribution < -0.4 is 5.73 Å². The molecule has 15 heavy (non-hydrogen) atoms. The number of nitrogens with two attached hydrogens (primary N) is 1. The first-order valence-electron chi connectivity index (χ1n) is 4.91. The molecule has 0 saturated heterocycles. The van der Waals surface area contributed by atoms with Gasteiger partial charge in [0.25, 0.3) is 0 Å². The highest BCUT2D eigenvalue weighted by Crippen LogP contribution is 2.26. The van der Waals surface area contributed by atoms with E-state index >= 15 is 0 Å². The van der Waals surface area contributed by atoms with Gasteiger partial charge < -0.3 is 0 Å². The molecule has 0 aliphatic carbocycles. The maximum absolute atomic E-state index is 5.58. The Bertz CT molecular complexity index is 395. The van der Waals surface area contributed by atoms with Crippen molar-refractivity contribution in [2.75, 3.05) is 0 Å². The molecule has 78 valence electrons. The second-order valence-electron chi connectivity index (χ2n) is 3.30. The summed E-state index contributed by atoms with van der Waals surface area (Å²) in [5.74, 6) is 0. The number of thioether (sulfide) groups is 1. The lowest BCUT2D eigenvalue weighted by molar-refractivity contribution is 0.903. The number of rotatable bonds is 2. The Kier molecular flexibility index (Phi) is 3.18. The lowest BCUT2D eigenvalue weighted by Crippen LogP contribution is -2.11. The normalized spacial score (nSPS) is 20.1. The van der Waals surface area contributed by atoms with Crippen LogP contribution in [0.2, 0.25) is 0 Å². The molecule has 1 aromatic rings. The molecule has 2 rings (SSSR count). The number of hydrogen-bond donors (Lipinski definition) is 1. The minimum absolute atomic E-state index is 0.247. The predicted molar refractivity (Wildman–Crippen MR) is 64.2 cm³/mol. The molecule has 0 saturated carbocycles. The Morgan fingerprint density at radius 1 is 1.33 bits per heavy atom. The monoisotopic (exact) mass is 219 g/mol. The van der Waals surface area contributed by atoms with E-state index in [0.717, 1.165) is 17.7 Å². The zero-order valence-electron chi connectivity index (χ0n) is 8.55. The minimum atomic E-state index is -0.247. The summed E-state index contributed by atoms with van der Waals surface area (Å²) in [7, 11) is 0. The van der Waals surface area contributed by atoms with Crippen LogP contribution in [0.5, 0.6) is 0 Å². The lowest BCUT2D eigenvalue weighted by Gasteiger charge is -2.09. The fourth-order valence-electron chi connectivity index (χ4n) is 1.34. The minimum Gasteiger partial charge on any atom is -0.299 e. The van der Waals surface area contributed by atoms with Gasteiger partial charge in [0, 0.05) is 11.0 Å². The van der Waals surface area contributed by atoms with Crippen LogP contribution in [0, 0.1) is 0 Å². The van der Waals surface area contributed by atoms with E-state index in [1.165, 1.54) is 17.3 Å².